The minimum atomic E-state index is -0.272. The quantitative estimate of drug-likeness (QED) is 0.482. The Labute approximate surface area is 187 Å². The second-order valence-corrected chi connectivity index (χ2v) is 11.7. The number of carbonyl (C=O) groups is 2. The maximum absolute atomic E-state index is 11.7. The molecule has 0 aromatic rings. The molecule has 0 heterocycles. The van der Waals surface area contributed by atoms with Crippen LogP contribution in [-0.2, 0) is 19.1 Å². The number of ether oxygens (including phenoxy) is 2. The third-order valence-corrected chi connectivity index (χ3v) is 10.8. The lowest BCUT2D eigenvalue weighted by Gasteiger charge is -2.62. The predicted molar refractivity (Wildman–Crippen MR) is 118 cm³/mol. The Bertz CT molecular complexity index is 679. The fraction of sp³-hybridized carbons (Fsp3) is 0.923. The minimum Gasteiger partial charge on any atom is -0.469 e. The van der Waals surface area contributed by atoms with E-state index in [1.54, 1.807) is 0 Å². The van der Waals surface area contributed by atoms with Gasteiger partial charge >= 0.3 is 5.97 Å². The third-order valence-electron chi connectivity index (χ3n) is 10.8. The lowest BCUT2D eigenvalue weighted by atomic mass is 9.43. The summed E-state index contributed by atoms with van der Waals surface area (Å²) in [7, 11) is 1.46. The van der Waals surface area contributed by atoms with E-state index >= 15 is 0 Å². The summed E-state index contributed by atoms with van der Waals surface area (Å²) in [6.45, 7) is 7.71. The number of fused-ring (bicyclic) bond motifs is 5. The van der Waals surface area contributed by atoms with Gasteiger partial charge in [0.2, 0.25) is 0 Å². The van der Waals surface area contributed by atoms with Crippen LogP contribution in [0.2, 0.25) is 0 Å². The normalized spacial score (nSPS) is 47.5. The van der Waals surface area contributed by atoms with Crippen molar-refractivity contribution in [2.24, 2.45) is 46.3 Å². The number of aliphatic hydroxyl groups is 1. The summed E-state index contributed by atoms with van der Waals surface area (Å²) in [5.74, 6) is 3.20. The number of methoxy groups -OCH3 is 1. The predicted octanol–water partition coefficient (Wildman–Crippen LogP) is 4.75. The van der Waals surface area contributed by atoms with Gasteiger partial charge in [0.25, 0.3) is 6.47 Å². The van der Waals surface area contributed by atoms with Gasteiger partial charge in [-0.2, -0.15) is 0 Å². The minimum absolute atomic E-state index is 0.0439. The van der Waals surface area contributed by atoms with E-state index < -0.39 is 0 Å². The van der Waals surface area contributed by atoms with Crippen LogP contribution in [0, 0.1) is 46.3 Å². The Kier molecular flexibility index (Phi) is 6.46. The van der Waals surface area contributed by atoms with Crippen molar-refractivity contribution in [1.29, 1.82) is 0 Å². The average molecular weight is 435 g/mol. The fourth-order valence-corrected chi connectivity index (χ4v) is 8.99. The summed E-state index contributed by atoms with van der Waals surface area (Å²) in [4.78, 5) is 22.5. The first-order chi connectivity index (χ1) is 14.8. The molecule has 176 valence electrons. The van der Waals surface area contributed by atoms with Crippen LogP contribution in [0.1, 0.15) is 85.0 Å². The van der Waals surface area contributed by atoms with Gasteiger partial charge in [0, 0.05) is 6.42 Å². The monoisotopic (exact) mass is 434 g/mol. The van der Waals surface area contributed by atoms with E-state index in [0.29, 0.717) is 48.4 Å². The molecule has 0 aromatic heterocycles. The molecule has 0 aliphatic heterocycles. The molecule has 0 saturated heterocycles. The molecule has 5 nitrogen and oxygen atoms in total. The summed E-state index contributed by atoms with van der Waals surface area (Å²) in [5, 5.41) is 11.6. The van der Waals surface area contributed by atoms with Crippen molar-refractivity contribution in [2.45, 2.75) is 97.2 Å². The van der Waals surface area contributed by atoms with Crippen molar-refractivity contribution in [3.05, 3.63) is 0 Å². The van der Waals surface area contributed by atoms with E-state index in [2.05, 4.69) is 20.8 Å². The van der Waals surface area contributed by atoms with Gasteiger partial charge in [-0.1, -0.05) is 20.8 Å². The molecule has 0 unspecified atom stereocenters. The number of hydrogen-bond donors (Lipinski definition) is 1. The number of esters is 1. The molecule has 0 spiro atoms. The Morgan fingerprint density at radius 2 is 1.90 bits per heavy atom. The molecule has 10 atom stereocenters. The van der Waals surface area contributed by atoms with Crippen LogP contribution in [0.25, 0.3) is 0 Å². The van der Waals surface area contributed by atoms with Crippen molar-refractivity contribution in [1.82, 2.24) is 0 Å². The molecule has 4 fully saturated rings. The Balaban J connectivity index is 1.51. The van der Waals surface area contributed by atoms with Gasteiger partial charge in [-0.15, -0.1) is 0 Å². The molecule has 31 heavy (non-hydrogen) atoms. The molecule has 0 radical (unpaired) electrons. The van der Waals surface area contributed by atoms with Crippen LogP contribution in [0.15, 0.2) is 0 Å². The Morgan fingerprint density at radius 1 is 1.13 bits per heavy atom. The fourth-order valence-electron chi connectivity index (χ4n) is 8.99. The van der Waals surface area contributed by atoms with Crippen LogP contribution in [0.3, 0.4) is 0 Å². The second kappa shape index (κ2) is 8.68. The summed E-state index contributed by atoms with van der Waals surface area (Å²) < 4.78 is 10.2. The number of aliphatic hydroxyl groups excluding tert-OH is 1. The highest BCUT2D eigenvalue weighted by Crippen LogP contribution is 2.68. The van der Waals surface area contributed by atoms with Crippen LogP contribution >= 0.6 is 0 Å². The zero-order valence-electron chi connectivity index (χ0n) is 19.8. The standard InChI is InChI=1S/C26H42O5/c1-16(5-10-24(29)30-4)20-8-9-21-19-7-6-17-13-18(31-15-27)11-12-25(17,2)22(19)14-23(28)26(20,21)3/h15-23,28H,5-14H2,1-4H3/t16-,17-,18+,19+,20-,21+,22+,23+,25+,26-/m1/s1. The van der Waals surface area contributed by atoms with Gasteiger partial charge in [-0.3, -0.25) is 9.59 Å². The van der Waals surface area contributed by atoms with E-state index in [9.17, 15) is 14.7 Å². The maximum Gasteiger partial charge on any atom is 0.305 e. The first-order valence-electron chi connectivity index (χ1n) is 12.6. The van der Waals surface area contributed by atoms with Crippen molar-refractivity contribution < 1.29 is 24.2 Å². The average Bonchev–Trinajstić information content (AvgIpc) is 3.12. The summed E-state index contributed by atoms with van der Waals surface area (Å²) >= 11 is 0. The molecule has 0 bridgehead atoms. The molecule has 5 heteroatoms. The highest BCUT2D eigenvalue weighted by atomic mass is 16.5. The number of carbonyl (C=O) groups excluding carboxylic acids is 2. The maximum atomic E-state index is 11.7. The Morgan fingerprint density at radius 3 is 2.61 bits per heavy atom. The van der Waals surface area contributed by atoms with E-state index in [1.807, 2.05) is 0 Å². The van der Waals surface area contributed by atoms with Gasteiger partial charge < -0.3 is 14.6 Å². The molecule has 4 aliphatic rings. The van der Waals surface area contributed by atoms with Gasteiger partial charge in [-0.25, -0.2) is 0 Å². The van der Waals surface area contributed by atoms with Crippen molar-refractivity contribution in [3.8, 4) is 0 Å². The lowest BCUT2D eigenvalue weighted by molar-refractivity contribution is -0.178. The van der Waals surface area contributed by atoms with Crippen LogP contribution < -0.4 is 0 Å². The number of rotatable bonds is 6. The van der Waals surface area contributed by atoms with Gasteiger partial charge in [0.05, 0.1) is 13.2 Å². The summed E-state index contributed by atoms with van der Waals surface area (Å²) in [6.07, 6.45) is 9.93. The van der Waals surface area contributed by atoms with E-state index in [0.717, 1.165) is 32.1 Å². The molecular weight excluding hydrogens is 392 g/mol. The van der Waals surface area contributed by atoms with Gasteiger partial charge in [0.1, 0.15) is 6.10 Å². The second-order valence-electron chi connectivity index (χ2n) is 11.7. The molecule has 4 saturated carbocycles. The highest BCUT2D eigenvalue weighted by Gasteiger charge is 2.63. The molecular formula is C26H42O5. The molecule has 1 N–H and O–H groups in total. The zero-order valence-corrected chi connectivity index (χ0v) is 19.8. The van der Waals surface area contributed by atoms with E-state index in [-0.39, 0.29) is 29.0 Å². The van der Waals surface area contributed by atoms with Gasteiger partial charge in [-0.05, 0) is 104 Å². The van der Waals surface area contributed by atoms with E-state index in [1.165, 1.54) is 32.8 Å². The molecule has 0 amide bonds. The first kappa shape index (κ1) is 23.1. The number of hydrogen-bond acceptors (Lipinski definition) is 5. The molecule has 0 aromatic carbocycles. The van der Waals surface area contributed by atoms with Crippen LogP contribution in [-0.4, -0.2) is 36.9 Å². The van der Waals surface area contributed by atoms with Crippen molar-refractivity contribution in [3.63, 3.8) is 0 Å². The summed E-state index contributed by atoms with van der Waals surface area (Å²) in [6, 6.07) is 0. The lowest BCUT2D eigenvalue weighted by Crippen LogP contribution is -2.58. The zero-order chi connectivity index (χ0) is 22.4. The van der Waals surface area contributed by atoms with Crippen molar-refractivity contribution >= 4 is 12.4 Å². The highest BCUT2D eigenvalue weighted by molar-refractivity contribution is 5.69. The third kappa shape index (κ3) is 3.73. The molecule has 4 rings (SSSR count). The molecule has 4 aliphatic carbocycles. The van der Waals surface area contributed by atoms with Crippen molar-refractivity contribution in [2.75, 3.05) is 7.11 Å². The largest absolute Gasteiger partial charge is 0.469 e. The topological polar surface area (TPSA) is 72.8 Å². The van der Waals surface area contributed by atoms with Gasteiger partial charge in [0.15, 0.2) is 0 Å². The van der Waals surface area contributed by atoms with E-state index in [4.69, 9.17) is 9.47 Å². The Hall–Kier alpha value is -1.10. The first-order valence-corrected chi connectivity index (χ1v) is 12.6. The summed E-state index contributed by atoms with van der Waals surface area (Å²) in [5.41, 5.74) is 0.209. The SMILES string of the molecule is COC(=O)CC[C@@H](C)[C@H]1CC[C@H]2[C@@H]3CC[C@@H]4C[C@@H](OC=O)CC[C@]4(C)[C@H]3C[C@H](O)[C@]12C. The van der Waals surface area contributed by atoms with Crippen LogP contribution in [0.5, 0.6) is 0 Å². The smallest absolute Gasteiger partial charge is 0.305 e. The van der Waals surface area contributed by atoms with Crippen LogP contribution in [0.4, 0.5) is 0 Å².